The first-order chi connectivity index (χ1) is 12.4. The Kier molecular flexibility index (Phi) is 5.09. The summed E-state index contributed by atoms with van der Waals surface area (Å²) in [4.78, 5) is 13.7. The Hall–Kier alpha value is -3.06. The maximum absolute atomic E-state index is 13.0. The van der Waals surface area contributed by atoms with Gasteiger partial charge in [0.1, 0.15) is 11.6 Å². The Bertz CT molecular complexity index is 892. The molecule has 26 heavy (non-hydrogen) atoms. The number of halogens is 2. The number of likely N-dealkylation sites (N-methyl/N-ethyl adjacent to an activating group) is 1. The van der Waals surface area contributed by atoms with Gasteiger partial charge < -0.3 is 10.0 Å². The van der Waals surface area contributed by atoms with Crippen LogP contribution in [0, 0.1) is 11.6 Å². The number of aromatic nitrogens is 2. The number of amides is 1. The Balaban J connectivity index is 1.67. The lowest BCUT2D eigenvalue weighted by atomic mass is 10.1. The lowest BCUT2D eigenvalue weighted by Crippen LogP contribution is -2.31. The molecule has 1 N–H and O–H groups in total. The third-order valence-electron chi connectivity index (χ3n) is 3.94. The first-order valence-corrected chi connectivity index (χ1v) is 7.92. The van der Waals surface area contributed by atoms with Crippen LogP contribution in [0.3, 0.4) is 0 Å². The van der Waals surface area contributed by atoms with Crippen molar-refractivity contribution in [3.63, 3.8) is 0 Å². The molecule has 1 aromatic heterocycles. The molecular formula is C19H17F2N3O2. The Morgan fingerprint density at radius 3 is 2.31 bits per heavy atom. The summed E-state index contributed by atoms with van der Waals surface area (Å²) in [7, 11) is 1.56. The van der Waals surface area contributed by atoms with Gasteiger partial charge in [0, 0.05) is 25.4 Å². The van der Waals surface area contributed by atoms with E-state index in [1.165, 1.54) is 41.3 Å². The van der Waals surface area contributed by atoms with Gasteiger partial charge >= 0.3 is 0 Å². The highest BCUT2D eigenvalue weighted by Gasteiger charge is 2.21. The zero-order valence-electron chi connectivity index (χ0n) is 14.0. The number of aliphatic hydroxyl groups excluding tert-OH is 1. The van der Waals surface area contributed by atoms with Crippen molar-refractivity contribution >= 4 is 5.91 Å². The molecule has 0 aliphatic rings. The molecule has 1 amide bonds. The number of carbonyl (C=O) groups excluding carboxylic acids is 1. The molecule has 0 fully saturated rings. The van der Waals surface area contributed by atoms with Crippen LogP contribution in [0.1, 0.15) is 17.2 Å². The SMILES string of the molecule is CN(Cc1cnn(-c2ccc(F)cc2)c1)C(=O)[C@@H](O)c1ccc(F)cc1. The molecule has 134 valence electrons. The van der Waals surface area contributed by atoms with Gasteiger partial charge in [0.2, 0.25) is 0 Å². The minimum Gasteiger partial charge on any atom is -0.378 e. The number of aliphatic hydroxyl groups is 1. The lowest BCUT2D eigenvalue weighted by molar-refractivity contribution is -0.139. The van der Waals surface area contributed by atoms with Crippen LogP contribution >= 0.6 is 0 Å². The highest BCUT2D eigenvalue weighted by Crippen LogP contribution is 2.17. The fourth-order valence-corrected chi connectivity index (χ4v) is 2.52. The van der Waals surface area contributed by atoms with Crippen LogP contribution in [0.15, 0.2) is 60.9 Å². The van der Waals surface area contributed by atoms with Gasteiger partial charge in [-0.15, -0.1) is 0 Å². The number of hydrogen-bond acceptors (Lipinski definition) is 3. The normalized spacial score (nSPS) is 12.0. The molecule has 0 bridgehead atoms. The van der Waals surface area contributed by atoms with Crippen LogP contribution < -0.4 is 0 Å². The molecule has 3 rings (SSSR count). The van der Waals surface area contributed by atoms with E-state index in [4.69, 9.17) is 0 Å². The predicted octanol–water partition coefficient (Wildman–Crippen LogP) is 2.84. The summed E-state index contributed by atoms with van der Waals surface area (Å²) in [6.45, 7) is 0.234. The summed E-state index contributed by atoms with van der Waals surface area (Å²) in [5.41, 5.74) is 1.76. The number of hydrogen-bond donors (Lipinski definition) is 1. The number of carbonyl (C=O) groups is 1. The maximum atomic E-state index is 13.0. The molecule has 0 saturated carbocycles. The smallest absolute Gasteiger partial charge is 0.256 e. The molecule has 0 spiro atoms. The van der Waals surface area contributed by atoms with Crippen molar-refractivity contribution < 1.29 is 18.7 Å². The third-order valence-corrected chi connectivity index (χ3v) is 3.94. The summed E-state index contributed by atoms with van der Waals surface area (Å²) in [6.07, 6.45) is 1.95. The first-order valence-electron chi connectivity index (χ1n) is 7.92. The maximum Gasteiger partial charge on any atom is 0.256 e. The zero-order chi connectivity index (χ0) is 18.7. The second-order valence-electron chi connectivity index (χ2n) is 5.92. The Labute approximate surface area is 149 Å². The molecule has 0 unspecified atom stereocenters. The van der Waals surface area contributed by atoms with E-state index in [1.54, 1.807) is 36.3 Å². The summed E-state index contributed by atoms with van der Waals surface area (Å²) in [5.74, 6) is -1.28. The van der Waals surface area contributed by atoms with Crippen molar-refractivity contribution in [1.82, 2.24) is 14.7 Å². The van der Waals surface area contributed by atoms with Gasteiger partial charge in [0.25, 0.3) is 5.91 Å². The van der Waals surface area contributed by atoms with Crippen molar-refractivity contribution in [1.29, 1.82) is 0 Å². The molecule has 0 aliphatic carbocycles. The van der Waals surface area contributed by atoms with Crippen LogP contribution in [-0.2, 0) is 11.3 Å². The molecular weight excluding hydrogens is 340 g/mol. The summed E-state index contributed by atoms with van der Waals surface area (Å²) in [5, 5.41) is 14.4. The van der Waals surface area contributed by atoms with Crippen molar-refractivity contribution in [3.8, 4) is 5.69 Å². The quantitative estimate of drug-likeness (QED) is 0.764. The summed E-state index contributed by atoms with van der Waals surface area (Å²) < 4.78 is 27.5. The zero-order valence-corrected chi connectivity index (χ0v) is 14.0. The fourth-order valence-electron chi connectivity index (χ4n) is 2.52. The molecule has 5 nitrogen and oxygen atoms in total. The van der Waals surface area contributed by atoms with Crippen LogP contribution in [0.4, 0.5) is 8.78 Å². The average Bonchev–Trinajstić information content (AvgIpc) is 3.10. The Morgan fingerprint density at radius 1 is 1.12 bits per heavy atom. The van der Waals surface area contributed by atoms with Gasteiger partial charge in [0.05, 0.1) is 11.9 Å². The van der Waals surface area contributed by atoms with E-state index in [0.717, 1.165) is 5.56 Å². The van der Waals surface area contributed by atoms with Gasteiger partial charge in [-0.1, -0.05) is 12.1 Å². The van der Waals surface area contributed by atoms with Crippen LogP contribution in [-0.4, -0.2) is 32.7 Å². The van der Waals surface area contributed by atoms with E-state index in [-0.39, 0.29) is 12.4 Å². The first kappa shape index (κ1) is 17.8. The van der Waals surface area contributed by atoms with Crippen LogP contribution in [0.5, 0.6) is 0 Å². The van der Waals surface area contributed by atoms with E-state index in [0.29, 0.717) is 11.3 Å². The van der Waals surface area contributed by atoms with Gasteiger partial charge in [0.15, 0.2) is 6.10 Å². The van der Waals surface area contributed by atoms with Gasteiger partial charge in [-0.25, -0.2) is 13.5 Å². The molecule has 0 radical (unpaired) electrons. The van der Waals surface area contributed by atoms with Crippen molar-refractivity contribution in [2.45, 2.75) is 12.6 Å². The Morgan fingerprint density at radius 2 is 1.69 bits per heavy atom. The lowest BCUT2D eigenvalue weighted by Gasteiger charge is -2.20. The number of nitrogens with zero attached hydrogens (tertiary/aromatic N) is 3. The molecule has 3 aromatic rings. The van der Waals surface area contributed by atoms with E-state index in [2.05, 4.69) is 5.10 Å². The second-order valence-corrected chi connectivity index (χ2v) is 5.92. The van der Waals surface area contributed by atoms with Gasteiger partial charge in [-0.05, 0) is 42.0 Å². The minimum absolute atomic E-state index is 0.234. The number of benzene rings is 2. The van der Waals surface area contributed by atoms with Crippen molar-refractivity contribution in [2.24, 2.45) is 0 Å². The molecule has 2 aromatic carbocycles. The molecule has 0 saturated heterocycles. The molecule has 1 heterocycles. The standard InChI is InChI=1S/C19H17F2N3O2/c1-23(19(26)18(25)14-2-4-15(20)5-3-14)11-13-10-22-24(12-13)17-8-6-16(21)7-9-17/h2-10,12,18,25H,11H2,1H3/t18-/m0/s1. The molecule has 7 heteroatoms. The molecule has 0 aliphatic heterocycles. The monoisotopic (exact) mass is 357 g/mol. The third kappa shape index (κ3) is 3.94. The summed E-state index contributed by atoms with van der Waals surface area (Å²) >= 11 is 0. The van der Waals surface area contributed by atoms with E-state index in [9.17, 15) is 18.7 Å². The minimum atomic E-state index is -1.37. The van der Waals surface area contributed by atoms with E-state index in [1.807, 2.05) is 0 Å². The average molecular weight is 357 g/mol. The summed E-state index contributed by atoms with van der Waals surface area (Å²) in [6, 6.07) is 11.0. The second kappa shape index (κ2) is 7.45. The van der Waals surface area contributed by atoms with Crippen molar-refractivity contribution in [3.05, 3.63) is 83.7 Å². The highest BCUT2D eigenvalue weighted by atomic mass is 19.1. The van der Waals surface area contributed by atoms with Crippen LogP contribution in [0.25, 0.3) is 5.69 Å². The van der Waals surface area contributed by atoms with E-state index >= 15 is 0 Å². The fraction of sp³-hybridized carbons (Fsp3) is 0.158. The van der Waals surface area contributed by atoms with Gasteiger partial charge in [-0.3, -0.25) is 4.79 Å². The van der Waals surface area contributed by atoms with Crippen molar-refractivity contribution in [2.75, 3.05) is 7.05 Å². The van der Waals surface area contributed by atoms with Gasteiger partial charge in [-0.2, -0.15) is 5.10 Å². The topological polar surface area (TPSA) is 58.4 Å². The van der Waals surface area contributed by atoms with Crippen LogP contribution in [0.2, 0.25) is 0 Å². The van der Waals surface area contributed by atoms with E-state index < -0.39 is 17.8 Å². The number of rotatable bonds is 5. The predicted molar refractivity (Wildman–Crippen MR) is 91.4 cm³/mol. The molecule has 1 atom stereocenters. The largest absolute Gasteiger partial charge is 0.378 e. The highest BCUT2D eigenvalue weighted by molar-refractivity contribution is 5.81.